The molecule has 7 heteroatoms. The van der Waals surface area contributed by atoms with Gasteiger partial charge in [0.1, 0.15) is 5.56 Å². The summed E-state index contributed by atoms with van der Waals surface area (Å²) in [5.41, 5.74) is -0.0465. The number of nitro groups is 1. The Morgan fingerprint density at radius 3 is 2.75 bits per heavy atom. The molecule has 108 valence electrons. The van der Waals surface area contributed by atoms with Crippen molar-refractivity contribution in [1.29, 1.82) is 0 Å². The number of hydrogen-bond acceptors (Lipinski definition) is 3. The van der Waals surface area contributed by atoms with Gasteiger partial charge in [-0.1, -0.05) is 27.5 Å². The van der Waals surface area contributed by atoms with Crippen molar-refractivity contribution in [1.82, 2.24) is 5.32 Å². The van der Waals surface area contributed by atoms with Gasteiger partial charge in [-0.05, 0) is 36.8 Å². The molecule has 2 rings (SSSR count). The molecule has 0 radical (unpaired) electrons. The standard InChI is InChI=1S/C13H14BrClN2O3/c14-6-5-13(3-4-13)8-16-12(18)10-2-1-9(15)7-11(10)17(19)20/h1-2,7H,3-6,8H2,(H,16,18). The minimum Gasteiger partial charge on any atom is -0.351 e. The molecule has 0 unspecified atom stereocenters. The lowest BCUT2D eigenvalue weighted by atomic mass is 10.0. The summed E-state index contributed by atoms with van der Waals surface area (Å²) in [5, 5.41) is 14.9. The molecule has 5 nitrogen and oxygen atoms in total. The van der Waals surface area contributed by atoms with Crippen molar-refractivity contribution in [3.05, 3.63) is 38.9 Å². The van der Waals surface area contributed by atoms with E-state index in [1.807, 2.05) is 0 Å². The zero-order chi connectivity index (χ0) is 14.8. The van der Waals surface area contributed by atoms with Crippen LogP contribution in [-0.4, -0.2) is 22.7 Å². The Hall–Kier alpha value is -1.14. The van der Waals surface area contributed by atoms with Gasteiger partial charge in [0.05, 0.1) is 4.92 Å². The van der Waals surface area contributed by atoms with Crippen molar-refractivity contribution in [3.8, 4) is 0 Å². The molecule has 0 aromatic heterocycles. The van der Waals surface area contributed by atoms with Crippen LogP contribution in [0.15, 0.2) is 18.2 Å². The third kappa shape index (κ3) is 3.49. The normalized spacial score (nSPS) is 15.7. The molecular weight excluding hydrogens is 348 g/mol. The minimum absolute atomic E-state index is 0.0500. The fourth-order valence-electron chi connectivity index (χ4n) is 2.10. The van der Waals surface area contributed by atoms with Gasteiger partial charge in [-0.25, -0.2) is 0 Å². The van der Waals surface area contributed by atoms with Crippen LogP contribution in [0.1, 0.15) is 29.6 Å². The fraction of sp³-hybridized carbons (Fsp3) is 0.462. The molecule has 0 heterocycles. The molecule has 1 aromatic rings. The summed E-state index contributed by atoms with van der Waals surface area (Å²) in [5.74, 6) is -0.422. The largest absolute Gasteiger partial charge is 0.351 e. The number of rotatable bonds is 6. The molecule has 0 aliphatic heterocycles. The lowest BCUT2D eigenvalue weighted by molar-refractivity contribution is -0.385. The van der Waals surface area contributed by atoms with E-state index in [9.17, 15) is 14.9 Å². The molecule has 1 saturated carbocycles. The Morgan fingerprint density at radius 1 is 1.50 bits per heavy atom. The van der Waals surface area contributed by atoms with E-state index < -0.39 is 10.8 Å². The molecule has 0 saturated heterocycles. The summed E-state index contributed by atoms with van der Waals surface area (Å²) >= 11 is 9.12. The molecule has 20 heavy (non-hydrogen) atoms. The molecule has 0 bridgehead atoms. The lowest BCUT2D eigenvalue weighted by Gasteiger charge is -2.14. The number of carbonyl (C=O) groups excluding carboxylic acids is 1. The first kappa shape index (κ1) is 15.3. The quantitative estimate of drug-likeness (QED) is 0.478. The first-order valence-corrected chi connectivity index (χ1v) is 7.75. The van der Waals surface area contributed by atoms with Crippen LogP contribution in [0.4, 0.5) is 5.69 Å². The highest BCUT2D eigenvalue weighted by molar-refractivity contribution is 9.09. The molecular formula is C13H14BrClN2O3. The first-order valence-electron chi connectivity index (χ1n) is 6.25. The Labute approximate surface area is 130 Å². The van der Waals surface area contributed by atoms with Crippen LogP contribution in [-0.2, 0) is 0 Å². The van der Waals surface area contributed by atoms with Crippen molar-refractivity contribution >= 4 is 39.1 Å². The van der Waals surface area contributed by atoms with Crippen LogP contribution in [0, 0.1) is 15.5 Å². The zero-order valence-electron chi connectivity index (χ0n) is 10.7. The highest BCUT2D eigenvalue weighted by Crippen LogP contribution is 2.48. The van der Waals surface area contributed by atoms with Crippen LogP contribution in [0.5, 0.6) is 0 Å². The fourth-order valence-corrected chi connectivity index (χ4v) is 3.11. The first-order chi connectivity index (χ1) is 9.47. The predicted molar refractivity (Wildman–Crippen MR) is 80.5 cm³/mol. The van der Waals surface area contributed by atoms with Crippen molar-refractivity contribution in [2.45, 2.75) is 19.3 Å². The number of halogens is 2. The molecule has 0 atom stereocenters. The van der Waals surface area contributed by atoms with Crippen LogP contribution >= 0.6 is 27.5 Å². The van der Waals surface area contributed by atoms with E-state index in [-0.39, 0.29) is 21.7 Å². The highest BCUT2D eigenvalue weighted by atomic mass is 79.9. The van der Waals surface area contributed by atoms with Crippen LogP contribution in [0.25, 0.3) is 0 Å². The number of carbonyl (C=O) groups is 1. The van der Waals surface area contributed by atoms with E-state index in [0.29, 0.717) is 6.54 Å². The Balaban J connectivity index is 2.08. The molecule has 1 aliphatic carbocycles. The third-order valence-corrected chi connectivity index (χ3v) is 4.24. The van der Waals surface area contributed by atoms with Gasteiger partial charge in [0.15, 0.2) is 0 Å². The van der Waals surface area contributed by atoms with Crippen LogP contribution in [0.2, 0.25) is 5.02 Å². The average Bonchev–Trinajstić information content (AvgIpc) is 3.16. The van der Waals surface area contributed by atoms with Crippen molar-refractivity contribution in [3.63, 3.8) is 0 Å². The second-order valence-corrected chi connectivity index (χ2v) is 6.27. The third-order valence-electron chi connectivity index (χ3n) is 3.61. The molecule has 0 spiro atoms. The summed E-state index contributed by atoms with van der Waals surface area (Å²) in [7, 11) is 0. The van der Waals surface area contributed by atoms with E-state index in [1.165, 1.54) is 18.2 Å². The van der Waals surface area contributed by atoms with Crippen LogP contribution in [0.3, 0.4) is 0 Å². The Bertz CT molecular complexity index is 546. The van der Waals surface area contributed by atoms with Gasteiger partial charge in [-0.2, -0.15) is 0 Å². The number of nitrogens with one attached hydrogen (secondary N) is 1. The van der Waals surface area contributed by atoms with Gasteiger partial charge < -0.3 is 5.32 Å². The van der Waals surface area contributed by atoms with E-state index in [0.717, 1.165) is 24.6 Å². The van der Waals surface area contributed by atoms with Crippen molar-refractivity contribution < 1.29 is 9.72 Å². The smallest absolute Gasteiger partial charge is 0.283 e. The number of hydrogen-bond donors (Lipinski definition) is 1. The zero-order valence-corrected chi connectivity index (χ0v) is 13.0. The lowest BCUT2D eigenvalue weighted by Crippen LogP contribution is -2.30. The summed E-state index contributed by atoms with van der Waals surface area (Å²) < 4.78 is 0. The number of benzene rings is 1. The summed E-state index contributed by atoms with van der Waals surface area (Å²) in [4.78, 5) is 22.5. The predicted octanol–water partition coefficient (Wildman–Crippen LogP) is 3.54. The summed E-state index contributed by atoms with van der Waals surface area (Å²) in [6.45, 7) is 0.553. The second kappa shape index (κ2) is 6.10. The monoisotopic (exact) mass is 360 g/mol. The molecule has 1 N–H and O–H groups in total. The van der Waals surface area contributed by atoms with Crippen LogP contribution < -0.4 is 5.32 Å². The maximum Gasteiger partial charge on any atom is 0.283 e. The maximum atomic E-state index is 12.1. The van der Waals surface area contributed by atoms with Gasteiger partial charge in [0, 0.05) is 23.0 Å². The molecule has 1 fully saturated rings. The van der Waals surface area contributed by atoms with Gasteiger partial charge in [0.2, 0.25) is 0 Å². The number of nitrogens with zero attached hydrogens (tertiary/aromatic N) is 1. The van der Waals surface area contributed by atoms with Crippen molar-refractivity contribution in [2.24, 2.45) is 5.41 Å². The minimum atomic E-state index is -0.591. The van der Waals surface area contributed by atoms with E-state index in [2.05, 4.69) is 21.2 Å². The Kier molecular flexibility index (Phi) is 4.65. The molecule has 1 amide bonds. The Morgan fingerprint density at radius 2 is 2.20 bits per heavy atom. The molecule has 1 aromatic carbocycles. The average molecular weight is 362 g/mol. The van der Waals surface area contributed by atoms with Gasteiger partial charge in [-0.3, -0.25) is 14.9 Å². The van der Waals surface area contributed by atoms with E-state index in [1.54, 1.807) is 0 Å². The number of amides is 1. The van der Waals surface area contributed by atoms with Gasteiger partial charge >= 0.3 is 0 Å². The highest BCUT2D eigenvalue weighted by Gasteiger charge is 2.42. The van der Waals surface area contributed by atoms with E-state index >= 15 is 0 Å². The van der Waals surface area contributed by atoms with Crippen molar-refractivity contribution in [2.75, 3.05) is 11.9 Å². The van der Waals surface area contributed by atoms with Gasteiger partial charge in [-0.15, -0.1) is 0 Å². The second-order valence-electron chi connectivity index (χ2n) is 5.04. The maximum absolute atomic E-state index is 12.1. The number of nitro benzene ring substituents is 1. The summed E-state index contributed by atoms with van der Waals surface area (Å²) in [6.07, 6.45) is 3.17. The topological polar surface area (TPSA) is 72.2 Å². The van der Waals surface area contributed by atoms with E-state index in [4.69, 9.17) is 11.6 Å². The number of alkyl halides is 1. The molecule has 1 aliphatic rings. The SMILES string of the molecule is O=C(NCC1(CCBr)CC1)c1ccc(Cl)cc1[N+](=O)[O-]. The summed E-state index contributed by atoms with van der Waals surface area (Å²) in [6, 6.07) is 4.07. The van der Waals surface area contributed by atoms with Gasteiger partial charge in [0.25, 0.3) is 11.6 Å².